The molecule has 2 atom stereocenters. The van der Waals surface area contributed by atoms with Crippen LogP contribution < -0.4 is 28.2 Å². The molecule has 2 aromatic carbocycles. The van der Waals surface area contributed by atoms with E-state index < -0.39 is 11.5 Å². The molecule has 0 saturated heterocycles. The lowest BCUT2D eigenvalue weighted by molar-refractivity contribution is 0.244. The summed E-state index contributed by atoms with van der Waals surface area (Å²) >= 11 is 6.22. The zero-order chi connectivity index (χ0) is 29.5. The number of nitrogens with two attached hydrogens (primary N) is 3. The van der Waals surface area contributed by atoms with Crippen LogP contribution in [0, 0.1) is 5.82 Å². The molecular formula is C29H36ClFN8O2. The molecule has 41 heavy (non-hydrogen) atoms. The number of aromatic amines is 1. The first-order valence-corrected chi connectivity index (χ1v) is 13.9. The number of hydrogen-bond acceptors (Lipinski definition) is 6. The number of hydrogen-bond donors (Lipinski definition) is 6. The summed E-state index contributed by atoms with van der Waals surface area (Å²) in [6.07, 6.45) is 4.81. The van der Waals surface area contributed by atoms with Crippen molar-refractivity contribution in [1.29, 1.82) is 0 Å². The molecule has 10 nitrogen and oxygen atoms in total. The van der Waals surface area contributed by atoms with Gasteiger partial charge in [-0.25, -0.2) is 9.18 Å². The van der Waals surface area contributed by atoms with Gasteiger partial charge in [0.25, 0.3) is 0 Å². The Morgan fingerprint density at radius 3 is 2.66 bits per heavy atom. The van der Waals surface area contributed by atoms with Crippen LogP contribution in [0.4, 0.5) is 4.39 Å². The second-order valence-corrected chi connectivity index (χ2v) is 10.5. The van der Waals surface area contributed by atoms with E-state index in [1.165, 1.54) is 4.57 Å². The Bertz CT molecular complexity index is 1560. The van der Waals surface area contributed by atoms with Crippen molar-refractivity contribution in [1.82, 2.24) is 19.9 Å². The van der Waals surface area contributed by atoms with Crippen LogP contribution in [0.15, 0.2) is 58.4 Å². The Hall–Kier alpha value is -3.77. The lowest BCUT2D eigenvalue weighted by atomic mass is 10.0. The van der Waals surface area contributed by atoms with Gasteiger partial charge >= 0.3 is 5.69 Å². The smallest absolute Gasteiger partial charge is 0.354 e. The summed E-state index contributed by atoms with van der Waals surface area (Å²) in [5, 5.41) is 13.8. The predicted octanol–water partition coefficient (Wildman–Crippen LogP) is 3.13. The van der Waals surface area contributed by atoms with Crippen LogP contribution in [-0.2, 0) is 6.42 Å². The number of halogens is 2. The Balaban J connectivity index is 1.55. The Kier molecular flexibility index (Phi) is 10.1. The zero-order valence-corrected chi connectivity index (χ0v) is 23.7. The van der Waals surface area contributed by atoms with Crippen LogP contribution in [-0.4, -0.2) is 51.3 Å². The lowest BCUT2D eigenvalue weighted by Crippen LogP contribution is -2.27. The van der Waals surface area contributed by atoms with Gasteiger partial charge in [-0.3, -0.25) is 9.56 Å². The van der Waals surface area contributed by atoms with E-state index in [1.54, 1.807) is 36.5 Å². The van der Waals surface area contributed by atoms with Crippen LogP contribution in [0.1, 0.15) is 43.4 Å². The fourth-order valence-electron chi connectivity index (χ4n) is 4.66. The number of aryl methyl sites for hydroxylation is 1. The monoisotopic (exact) mass is 582 g/mol. The number of aromatic nitrogens is 3. The van der Waals surface area contributed by atoms with E-state index in [-0.39, 0.29) is 29.7 Å². The molecule has 2 aromatic heterocycles. The number of aliphatic hydroxyl groups is 1. The average molecular weight is 583 g/mol. The van der Waals surface area contributed by atoms with Gasteiger partial charge in [0.2, 0.25) is 0 Å². The van der Waals surface area contributed by atoms with Gasteiger partial charge in [-0.1, -0.05) is 23.7 Å². The molecule has 0 spiro atoms. The predicted molar refractivity (Wildman–Crippen MR) is 162 cm³/mol. The molecule has 9 N–H and O–H groups in total. The molecule has 12 heteroatoms. The summed E-state index contributed by atoms with van der Waals surface area (Å²) in [7, 11) is 0. The summed E-state index contributed by atoms with van der Waals surface area (Å²) in [5.41, 5.74) is 19.5. The minimum atomic E-state index is -0.539. The van der Waals surface area contributed by atoms with Crippen LogP contribution in [0.3, 0.4) is 0 Å². The topological polar surface area (TPSA) is 173 Å². The molecule has 0 unspecified atom stereocenters. The molecule has 0 aliphatic heterocycles. The fourth-order valence-corrected chi connectivity index (χ4v) is 4.90. The van der Waals surface area contributed by atoms with Crippen molar-refractivity contribution < 1.29 is 9.50 Å². The maximum atomic E-state index is 15.1. The zero-order valence-electron chi connectivity index (χ0n) is 22.9. The number of fused-ring (bicyclic) bond motifs is 1. The summed E-state index contributed by atoms with van der Waals surface area (Å²) in [6, 6.07) is 12.2. The Morgan fingerprint density at radius 1 is 1.22 bits per heavy atom. The van der Waals surface area contributed by atoms with E-state index in [9.17, 15) is 9.90 Å². The van der Waals surface area contributed by atoms with Crippen molar-refractivity contribution in [2.45, 2.75) is 44.7 Å². The number of nitrogens with zero attached hydrogens (tertiary/aromatic N) is 3. The van der Waals surface area contributed by atoms with Crippen molar-refractivity contribution in [2.75, 3.05) is 19.7 Å². The van der Waals surface area contributed by atoms with Crippen LogP contribution in [0.2, 0.25) is 5.02 Å². The SMILES string of the molecule is C[C@H](N)CCCc1cc(Cl)c(F)c(-c2cc3cn(-c4ccc([C@@H](CO)NCCCN=C(N)N)cc4)c(=O)nc3[nH]2)c1. The molecule has 4 aromatic rings. The highest BCUT2D eigenvalue weighted by atomic mass is 35.5. The van der Waals surface area contributed by atoms with Crippen LogP contribution in [0.5, 0.6) is 0 Å². The molecule has 0 bridgehead atoms. The van der Waals surface area contributed by atoms with Crippen LogP contribution in [0.25, 0.3) is 28.0 Å². The third-order valence-electron chi connectivity index (χ3n) is 6.79. The van der Waals surface area contributed by atoms with E-state index in [2.05, 4.69) is 20.3 Å². The Labute approximate surface area is 242 Å². The highest BCUT2D eigenvalue weighted by molar-refractivity contribution is 6.31. The van der Waals surface area contributed by atoms with E-state index in [1.807, 2.05) is 19.1 Å². The van der Waals surface area contributed by atoms with Crippen molar-refractivity contribution in [2.24, 2.45) is 22.2 Å². The van der Waals surface area contributed by atoms with Crippen molar-refractivity contribution >= 4 is 28.6 Å². The first-order chi connectivity index (χ1) is 19.7. The molecule has 0 saturated carbocycles. The number of rotatable bonds is 13. The number of H-pyrrole nitrogens is 1. The first-order valence-electron chi connectivity index (χ1n) is 13.5. The number of aliphatic imine (C=N–C) groups is 1. The average Bonchev–Trinajstić information content (AvgIpc) is 3.34. The number of nitrogens with one attached hydrogen (secondary N) is 2. The maximum Gasteiger partial charge on any atom is 0.354 e. The third kappa shape index (κ3) is 7.70. The summed E-state index contributed by atoms with van der Waals surface area (Å²) in [5.74, 6) is -0.490. The standard InChI is InChI=1S/C29H36ClFN8O2/c1-17(32)4-2-5-18-12-22(26(31)23(30)13-18)24-14-20-15-39(29(41)38-27(20)37-24)21-8-6-19(7-9-21)25(16-40)35-10-3-11-36-28(33)34/h6-9,12-15,17,25,35,40H,2-5,10-11,16,32H2,1H3,(H4,33,34,36)(H,37,38,41)/t17-,25+/m0/s1. The molecule has 0 fully saturated rings. The fraction of sp³-hybridized carbons (Fsp3) is 0.345. The van der Waals surface area contributed by atoms with Gasteiger partial charge in [0.15, 0.2) is 11.8 Å². The molecule has 0 radical (unpaired) electrons. The number of guanidine groups is 1. The Morgan fingerprint density at radius 2 is 1.98 bits per heavy atom. The van der Waals surface area contributed by atoms with Gasteiger partial charge in [0.1, 0.15) is 5.65 Å². The lowest BCUT2D eigenvalue weighted by Gasteiger charge is -2.17. The highest BCUT2D eigenvalue weighted by Crippen LogP contribution is 2.31. The second-order valence-electron chi connectivity index (χ2n) is 10.1. The summed E-state index contributed by atoms with van der Waals surface area (Å²) < 4.78 is 16.5. The third-order valence-corrected chi connectivity index (χ3v) is 7.06. The summed E-state index contributed by atoms with van der Waals surface area (Å²) in [4.78, 5) is 24.1. The second kappa shape index (κ2) is 13.7. The number of aliphatic hydroxyl groups excluding tert-OH is 1. The van der Waals surface area contributed by atoms with Crippen molar-refractivity contribution in [3.63, 3.8) is 0 Å². The maximum absolute atomic E-state index is 15.1. The minimum absolute atomic E-state index is 0.0361. The largest absolute Gasteiger partial charge is 0.394 e. The van der Waals surface area contributed by atoms with E-state index in [0.717, 1.165) is 30.4 Å². The highest BCUT2D eigenvalue weighted by Gasteiger charge is 2.16. The molecule has 0 aliphatic carbocycles. The van der Waals surface area contributed by atoms with E-state index in [4.69, 9.17) is 28.8 Å². The van der Waals surface area contributed by atoms with Gasteiger partial charge in [-0.05, 0) is 80.6 Å². The van der Waals surface area contributed by atoms with Crippen molar-refractivity contribution in [3.8, 4) is 16.9 Å². The minimum Gasteiger partial charge on any atom is -0.394 e. The molecule has 0 amide bonds. The number of benzene rings is 2. The van der Waals surface area contributed by atoms with E-state index in [0.29, 0.717) is 47.5 Å². The molecule has 0 aliphatic rings. The molecule has 4 rings (SSSR count). The normalized spacial score (nSPS) is 12.9. The quantitative estimate of drug-likeness (QED) is 0.0797. The van der Waals surface area contributed by atoms with Gasteiger partial charge in [-0.15, -0.1) is 0 Å². The van der Waals surface area contributed by atoms with Gasteiger partial charge in [0.05, 0.1) is 29.1 Å². The van der Waals surface area contributed by atoms with Gasteiger partial charge in [-0.2, -0.15) is 4.98 Å². The molecule has 2 heterocycles. The van der Waals surface area contributed by atoms with Crippen molar-refractivity contribution in [3.05, 3.63) is 81.1 Å². The summed E-state index contributed by atoms with van der Waals surface area (Å²) in [6.45, 7) is 2.96. The van der Waals surface area contributed by atoms with Crippen LogP contribution >= 0.6 is 11.6 Å². The first kappa shape index (κ1) is 30.2. The van der Waals surface area contributed by atoms with E-state index >= 15 is 4.39 Å². The van der Waals surface area contributed by atoms with Gasteiger partial charge in [0, 0.05) is 29.7 Å². The molecule has 218 valence electrons. The van der Waals surface area contributed by atoms with Gasteiger partial charge < -0.3 is 32.6 Å². The molecular weight excluding hydrogens is 547 g/mol.